The Morgan fingerprint density at radius 3 is 2.00 bits per heavy atom. The first-order valence-corrected chi connectivity index (χ1v) is 10.6. The van der Waals surface area contributed by atoms with Gasteiger partial charge >= 0.3 is 0 Å². The van der Waals surface area contributed by atoms with Crippen LogP contribution in [0.2, 0.25) is 0 Å². The number of fused-ring (bicyclic) bond motifs is 1. The molecule has 30 heavy (non-hydrogen) atoms. The molecule has 1 unspecified atom stereocenters. The molecule has 0 saturated heterocycles. The van der Waals surface area contributed by atoms with Crippen LogP contribution in [-0.2, 0) is 13.1 Å². The van der Waals surface area contributed by atoms with Gasteiger partial charge in [0.2, 0.25) is 0 Å². The number of nitrogens with zero attached hydrogens (tertiary/aromatic N) is 1. The maximum absolute atomic E-state index is 2.60. The third-order valence-electron chi connectivity index (χ3n) is 5.83. The van der Waals surface area contributed by atoms with Crippen LogP contribution >= 0.6 is 0 Å². The second-order valence-corrected chi connectivity index (χ2v) is 7.87. The molecule has 5 rings (SSSR count). The summed E-state index contributed by atoms with van der Waals surface area (Å²) in [7, 11) is 0. The predicted molar refractivity (Wildman–Crippen MR) is 126 cm³/mol. The summed E-state index contributed by atoms with van der Waals surface area (Å²) >= 11 is 0. The lowest BCUT2D eigenvalue weighted by Gasteiger charge is -2.39. The fourth-order valence-corrected chi connectivity index (χ4v) is 4.47. The maximum atomic E-state index is 2.60. The van der Waals surface area contributed by atoms with Crippen molar-refractivity contribution in [1.29, 1.82) is 0 Å². The predicted octanol–water partition coefficient (Wildman–Crippen LogP) is 6.98. The SMILES string of the molecule is C(=C1\c2ccccc2CN(Cc2ccccc2)C1c1ccccc1)/c1ccccc1. The maximum Gasteiger partial charge on any atom is 0.0614 e. The van der Waals surface area contributed by atoms with Gasteiger partial charge in [0.15, 0.2) is 0 Å². The highest BCUT2D eigenvalue weighted by molar-refractivity contribution is 5.87. The number of hydrogen-bond donors (Lipinski definition) is 0. The van der Waals surface area contributed by atoms with E-state index in [0.29, 0.717) is 0 Å². The minimum atomic E-state index is 0.210. The summed E-state index contributed by atoms with van der Waals surface area (Å²) in [5.74, 6) is 0. The van der Waals surface area contributed by atoms with Gasteiger partial charge in [0.25, 0.3) is 0 Å². The molecule has 4 aromatic rings. The van der Waals surface area contributed by atoms with E-state index in [4.69, 9.17) is 0 Å². The van der Waals surface area contributed by atoms with Crippen molar-refractivity contribution in [3.05, 3.63) is 143 Å². The Kier molecular flexibility index (Phi) is 5.28. The lowest BCUT2D eigenvalue weighted by Crippen LogP contribution is -2.33. The molecule has 0 aliphatic carbocycles. The Hall–Kier alpha value is -3.42. The van der Waals surface area contributed by atoms with Crippen molar-refractivity contribution in [1.82, 2.24) is 4.90 Å². The molecule has 0 amide bonds. The molecule has 1 aliphatic rings. The minimum Gasteiger partial charge on any atom is -0.284 e. The van der Waals surface area contributed by atoms with Gasteiger partial charge in [-0.3, -0.25) is 4.90 Å². The molecule has 0 radical (unpaired) electrons. The number of hydrogen-bond acceptors (Lipinski definition) is 1. The molecule has 1 heterocycles. The summed E-state index contributed by atoms with van der Waals surface area (Å²) in [5.41, 5.74) is 8.04. The normalized spacial score (nSPS) is 17.6. The van der Waals surface area contributed by atoms with Crippen LogP contribution in [0.3, 0.4) is 0 Å². The zero-order valence-corrected chi connectivity index (χ0v) is 17.0. The van der Waals surface area contributed by atoms with E-state index in [9.17, 15) is 0 Å². The zero-order valence-electron chi connectivity index (χ0n) is 17.0. The van der Waals surface area contributed by atoms with Crippen LogP contribution in [0.5, 0.6) is 0 Å². The van der Waals surface area contributed by atoms with Crippen LogP contribution in [0.1, 0.15) is 33.9 Å². The van der Waals surface area contributed by atoms with E-state index in [0.717, 1.165) is 13.1 Å². The summed E-state index contributed by atoms with van der Waals surface area (Å²) in [5, 5.41) is 0. The van der Waals surface area contributed by atoms with Crippen LogP contribution in [0, 0.1) is 0 Å². The fourth-order valence-electron chi connectivity index (χ4n) is 4.47. The molecule has 4 aromatic carbocycles. The first-order valence-electron chi connectivity index (χ1n) is 10.6. The Labute approximate surface area is 178 Å². The summed E-state index contributed by atoms with van der Waals surface area (Å²) in [4.78, 5) is 2.60. The summed E-state index contributed by atoms with van der Waals surface area (Å²) in [6.45, 7) is 1.86. The van der Waals surface area contributed by atoms with Crippen LogP contribution < -0.4 is 0 Å². The van der Waals surface area contributed by atoms with Gasteiger partial charge in [-0.2, -0.15) is 0 Å². The third-order valence-corrected chi connectivity index (χ3v) is 5.83. The topological polar surface area (TPSA) is 3.24 Å². The molecular weight excluding hydrogens is 362 g/mol. The van der Waals surface area contributed by atoms with Gasteiger partial charge in [-0.25, -0.2) is 0 Å². The molecule has 0 saturated carbocycles. The number of benzene rings is 4. The van der Waals surface area contributed by atoms with Crippen molar-refractivity contribution in [2.75, 3.05) is 0 Å². The highest BCUT2D eigenvalue weighted by Gasteiger charge is 2.31. The van der Waals surface area contributed by atoms with Crippen molar-refractivity contribution in [2.24, 2.45) is 0 Å². The van der Waals surface area contributed by atoms with Gasteiger partial charge in [-0.1, -0.05) is 115 Å². The average Bonchev–Trinajstić information content (AvgIpc) is 2.81. The fraction of sp³-hybridized carbons (Fsp3) is 0.103. The van der Waals surface area contributed by atoms with Crippen molar-refractivity contribution in [3.63, 3.8) is 0 Å². The molecule has 1 nitrogen and oxygen atoms in total. The van der Waals surface area contributed by atoms with Gasteiger partial charge in [0.05, 0.1) is 6.04 Å². The van der Waals surface area contributed by atoms with Crippen molar-refractivity contribution in [2.45, 2.75) is 19.1 Å². The molecule has 0 aromatic heterocycles. The van der Waals surface area contributed by atoms with E-state index in [-0.39, 0.29) is 6.04 Å². The van der Waals surface area contributed by atoms with Gasteiger partial charge in [-0.15, -0.1) is 0 Å². The highest BCUT2D eigenvalue weighted by atomic mass is 15.2. The number of rotatable bonds is 4. The molecule has 146 valence electrons. The lowest BCUT2D eigenvalue weighted by molar-refractivity contribution is 0.211. The molecule has 1 heteroatoms. The van der Waals surface area contributed by atoms with E-state index in [1.54, 1.807) is 0 Å². The minimum absolute atomic E-state index is 0.210. The second-order valence-electron chi connectivity index (χ2n) is 7.87. The Bertz CT molecular complexity index is 1130. The molecule has 0 spiro atoms. The molecule has 1 aliphatic heterocycles. The smallest absolute Gasteiger partial charge is 0.0614 e. The first-order chi connectivity index (χ1) is 14.9. The van der Waals surface area contributed by atoms with Gasteiger partial charge in [0.1, 0.15) is 0 Å². The Morgan fingerprint density at radius 1 is 0.667 bits per heavy atom. The van der Waals surface area contributed by atoms with E-state index in [2.05, 4.69) is 126 Å². The van der Waals surface area contributed by atoms with E-state index < -0.39 is 0 Å². The van der Waals surface area contributed by atoms with Crippen molar-refractivity contribution in [3.8, 4) is 0 Å². The first kappa shape index (κ1) is 18.6. The van der Waals surface area contributed by atoms with Crippen LogP contribution in [0.25, 0.3) is 11.6 Å². The van der Waals surface area contributed by atoms with Gasteiger partial charge in [0, 0.05) is 13.1 Å². The summed E-state index contributed by atoms with van der Waals surface area (Å²) in [6, 6.07) is 41.5. The van der Waals surface area contributed by atoms with E-state index >= 15 is 0 Å². The van der Waals surface area contributed by atoms with Crippen LogP contribution in [0.4, 0.5) is 0 Å². The largest absolute Gasteiger partial charge is 0.284 e. The quantitative estimate of drug-likeness (QED) is 0.365. The molecule has 0 bridgehead atoms. The van der Waals surface area contributed by atoms with Crippen molar-refractivity contribution < 1.29 is 0 Å². The van der Waals surface area contributed by atoms with Gasteiger partial charge < -0.3 is 0 Å². The second kappa shape index (κ2) is 8.52. The lowest BCUT2D eigenvalue weighted by atomic mass is 9.83. The van der Waals surface area contributed by atoms with Gasteiger partial charge in [-0.05, 0) is 39.5 Å². The van der Waals surface area contributed by atoms with Crippen LogP contribution in [-0.4, -0.2) is 4.90 Å². The van der Waals surface area contributed by atoms with Crippen molar-refractivity contribution >= 4 is 11.6 Å². The standard InChI is InChI=1S/C29H25N/c1-4-12-23(13-5-1)20-28-27-19-11-10-18-26(27)22-30(21-24-14-6-2-7-15-24)29(28)25-16-8-3-9-17-25/h1-20,29H,21-22H2/b28-20-. The summed E-state index contributed by atoms with van der Waals surface area (Å²) in [6.07, 6.45) is 2.37. The van der Waals surface area contributed by atoms with E-state index in [1.165, 1.54) is 33.4 Å². The molecular formula is C29H25N. The average molecular weight is 388 g/mol. The summed E-state index contributed by atoms with van der Waals surface area (Å²) < 4.78 is 0. The Balaban J connectivity index is 1.67. The molecule has 0 N–H and O–H groups in total. The molecule has 1 atom stereocenters. The highest BCUT2D eigenvalue weighted by Crippen LogP contribution is 2.43. The zero-order chi connectivity index (χ0) is 20.2. The van der Waals surface area contributed by atoms with E-state index in [1.807, 2.05) is 0 Å². The monoisotopic (exact) mass is 387 g/mol. The third kappa shape index (κ3) is 3.85. The molecule has 0 fully saturated rings. The van der Waals surface area contributed by atoms with Crippen LogP contribution in [0.15, 0.2) is 115 Å². The Morgan fingerprint density at radius 2 is 1.27 bits per heavy atom.